The Kier molecular flexibility index (Phi) is 6.53. The van der Waals surface area contributed by atoms with Gasteiger partial charge in [0, 0.05) is 6.92 Å². The Morgan fingerprint density at radius 2 is 1.16 bits per heavy atom. The minimum Gasteiger partial charge on any atom is -0.479 e. The van der Waals surface area contributed by atoms with Crippen LogP contribution in [0.25, 0.3) is 0 Å². The monoisotopic (exact) mass is 276 g/mol. The molecular weight excluding hydrogens is 260 g/mol. The normalized spacial score (nSPS) is 14.7. The first-order chi connectivity index (χ1) is 8.65. The number of carboxylic acids is 1. The molecule has 0 aliphatic heterocycles. The molecule has 0 aromatic rings. The van der Waals surface area contributed by atoms with Crippen LogP contribution >= 0.6 is 0 Å². The second-order valence-electron chi connectivity index (χ2n) is 3.75. The Morgan fingerprint density at radius 3 is 1.53 bits per heavy atom. The summed E-state index contributed by atoms with van der Waals surface area (Å²) in [6.45, 7) is 4.78. The van der Waals surface area contributed by atoms with E-state index in [2.05, 4.69) is 14.2 Å². The van der Waals surface area contributed by atoms with Crippen LogP contribution in [0.2, 0.25) is 0 Å². The van der Waals surface area contributed by atoms with Crippen LogP contribution in [0.15, 0.2) is 0 Å². The first-order valence-corrected chi connectivity index (χ1v) is 5.46. The van der Waals surface area contributed by atoms with E-state index in [1.54, 1.807) is 0 Å². The minimum absolute atomic E-state index is 0.667. The van der Waals surface area contributed by atoms with Crippen molar-refractivity contribution in [1.82, 2.24) is 0 Å². The molecule has 108 valence electrons. The molecule has 1 N–H and O–H groups in total. The topological polar surface area (TPSA) is 116 Å². The molecule has 0 unspecified atom stereocenters. The van der Waals surface area contributed by atoms with Gasteiger partial charge in [0.1, 0.15) is 0 Å². The average molecular weight is 276 g/mol. The zero-order chi connectivity index (χ0) is 15.2. The summed E-state index contributed by atoms with van der Waals surface area (Å²) in [5, 5.41) is 8.54. The summed E-state index contributed by atoms with van der Waals surface area (Å²) in [6.07, 6.45) is -3.81. The molecule has 0 saturated heterocycles. The van der Waals surface area contributed by atoms with Crippen molar-refractivity contribution in [2.24, 2.45) is 0 Å². The van der Waals surface area contributed by atoms with E-state index in [0.717, 1.165) is 13.8 Å². The fourth-order valence-corrected chi connectivity index (χ4v) is 0.936. The number of carbonyl (C=O) groups excluding carboxylic acids is 3. The standard InChI is InChI=1S/C11H16O8/c1-5(9(13)14)18-11(16)7(3)19-10(15)6(2)17-8(4)12/h5-7H,1-4H3,(H,13,14)/t5-,6-,7-/m0/s1. The highest BCUT2D eigenvalue weighted by Gasteiger charge is 2.27. The van der Waals surface area contributed by atoms with Gasteiger partial charge in [-0.15, -0.1) is 0 Å². The Labute approximate surface area is 109 Å². The highest BCUT2D eigenvalue weighted by atomic mass is 16.6. The van der Waals surface area contributed by atoms with Crippen LogP contribution in [-0.4, -0.2) is 47.3 Å². The molecule has 0 aliphatic rings. The maximum atomic E-state index is 11.4. The number of ether oxygens (including phenoxy) is 3. The van der Waals surface area contributed by atoms with Gasteiger partial charge in [-0.2, -0.15) is 0 Å². The smallest absolute Gasteiger partial charge is 0.347 e. The van der Waals surface area contributed by atoms with Crippen molar-refractivity contribution >= 4 is 23.9 Å². The van der Waals surface area contributed by atoms with Gasteiger partial charge >= 0.3 is 23.9 Å². The largest absolute Gasteiger partial charge is 0.479 e. The van der Waals surface area contributed by atoms with Crippen LogP contribution in [0.3, 0.4) is 0 Å². The highest BCUT2D eigenvalue weighted by molar-refractivity contribution is 5.84. The molecule has 0 amide bonds. The number of aliphatic carboxylic acids is 1. The van der Waals surface area contributed by atoms with Crippen LogP contribution in [-0.2, 0) is 33.4 Å². The lowest BCUT2D eigenvalue weighted by molar-refractivity contribution is -0.180. The molecule has 0 aromatic carbocycles. The van der Waals surface area contributed by atoms with E-state index in [1.165, 1.54) is 13.8 Å². The van der Waals surface area contributed by atoms with E-state index in [0.29, 0.717) is 0 Å². The maximum absolute atomic E-state index is 11.4. The number of hydrogen-bond acceptors (Lipinski definition) is 7. The van der Waals surface area contributed by atoms with Gasteiger partial charge in [-0.3, -0.25) is 4.79 Å². The lowest BCUT2D eigenvalue weighted by Gasteiger charge is -2.17. The zero-order valence-electron chi connectivity index (χ0n) is 11.0. The molecule has 0 fully saturated rings. The predicted octanol–water partition coefficient (Wildman–Crippen LogP) is -0.114. The van der Waals surface area contributed by atoms with Crippen molar-refractivity contribution in [2.45, 2.75) is 46.0 Å². The van der Waals surface area contributed by atoms with Gasteiger partial charge in [0.25, 0.3) is 0 Å². The summed E-state index contributed by atoms with van der Waals surface area (Å²) in [4.78, 5) is 43.8. The summed E-state index contributed by atoms with van der Waals surface area (Å²) >= 11 is 0. The van der Waals surface area contributed by atoms with Crippen LogP contribution in [0.5, 0.6) is 0 Å². The summed E-state index contributed by atoms with van der Waals surface area (Å²) in [5.41, 5.74) is 0. The lowest BCUT2D eigenvalue weighted by Crippen LogP contribution is -2.35. The second-order valence-corrected chi connectivity index (χ2v) is 3.75. The molecule has 8 heteroatoms. The molecule has 0 spiro atoms. The molecule has 0 saturated carbocycles. The number of esters is 3. The fourth-order valence-electron chi connectivity index (χ4n) is 0.936. The molecule has 0 radical (unpaired) electrons. The SMILES string of the molecule is CC(=O)O[C@@H](C)C(=O)O[C@@H](C)C(=O)O[C@@H](C)C(=O)O. The Balaban J connectivity index is 4.32. The minimum atomic E-state index is -1.35. The Bertz CT molecular complexity index is 375. The van der Waals surface area contributed by atoms with Crippen molar-refractivity contribution < 1.29 is 38.5 Å². The van der Waals surface area contributed by atoms with Gasteiger partial charge in [0.15, 0.2) is 18.3 Å². The summed E-state index contributed by atoms with van der Waals surface area (Å²) in [5.74, 6) is -3.92. The zero-order valence-corrected chi connectivity index (χ0v) is 11.0. The van der Waals surface area contributed by atoms with Crippen LogP contribution in [0.1, 0.15) is 27.7 Å². The summed E-state index contributed by atoms with van der Waals surface area (Å²) in [7, 11) is 0. The second kappa shape index (κ2) is 7.34. The van der Waals surface area contributed by atoms with Gasteiger partial charge in [0.2, 0.25) is 0 Å². The van der Waals surface area contributed by atoms with Gasteiger partial charge < -0.3 is 19.3 Å². The Morgan fingerprint density at radius 1 is 0.789 bits per heavy atom. The van der Waals surface area contributed by atoms with Crippen LogP contribution in [0.4, 0.5) is 0 Å². The molecule has 0 bridgehead atoms. The summed E-state index contributed by atoms with van der Waals surface area (Å²) < 4.78 is 13.7. The van der Waals surface area contributed by atoms with E-state index >= 15 is 0 Å². The third kappa shape index (κ3) is 6.39. The first kappa shape index (κ1) is 16.9. The van der Waals surface area contributed by atoms with Gasteiger partial charge in [-0.25, -0.2) is 14.4 Å². The molecule has 19 heavy (non-hydrogen) atoms. The molecule has 8 nitrogen and oxygen atoms in total. The predicted molar refractivity (Wildman–Crippen MR) is 60.0 cm³/mol. The third-order valence-corrected chi connectivity index (χ3v) is 1.94. The van der Waals surface area contributed by atoms with Crippen molar-refractivity contribution in [2.75, 3.05) is 0 Å². The van der Waals surface area contributed by atoms with E-state index in [1.807, 2.05) is 0 Å². The van der Waals surface area contributed by atoms with Crippen molar-refractivity contribution in [3.8, 4) is 0 Å². The number of carboxylic acid groups (broad SMARTS) is 1. The van der Waals surface area contributed by atoms with Crippen molar-refractivity contribution in [3.05, 3.63) is 0 Å². The summed E-state index contributed by atoms with van der Waals surface area (Å²) in [6, 6.07) is 0. The van der Waals surface area contributed by atoms with Gasteiger partial charge in [0.05, 0.1) is 0 Å². The van der Waals surface area contributed by atoms with E-state index in [9.17, 15) is 19.2 Å². The van der Waals surface area contributed by atoms with Gasteiger partial charge in [-0.05, 0) is 20.8 Å². The average Bonchev–Trinajstić information content (AvgIpc) is 2.27. The van der Waals surface area contributed by atoms with Gasteiger partial charge in [-0.1, -0.05) is 0 Å². The molecule has 0 heterocycles. The Hall–Kier alpha value is -2.12. The molecular formula is C11H16O8. The van der Waals surface area contributed by atoms with Crippen LogP contribution in [0, 0.1) is 0 Å². The molecule has 0 aliphatic carbocycles. The molecule has 0 rings (SSSR count). The number of rotatable bonds is 6. The van der Waals surface area contributed by atoms with Crippen molar-refractivity contribution in [1.29, 1.82) is 0 Å². The maximum Gasteiger partial charge on any atom is 0.347 e. The number of hydrogen-bond donors (Lipinski definition) is 1. The van der Waals surface area contributed by atoms with E-state index in [-0.39, 0.29) is 0 Å². The van der Waals surface area contributed by atoms with Crippen molar-refractivity contribution in [3.63, 3.8) is 0 Å². The third-order valence-electron chi connectivity index (χ3n) is 1.94. The van der Waals surface area contributed by atoms with Crippen LogP contribution < -0.4 is 0 Å². The molecule has 3 atom stereocenters. The quantitative estimate of drug-likeness (QED) is 0.527. The first-order valence-electron chi connectivity index (χ1n) is 5.46. The molecule has 0 aromatic heterocycles. The van der Waals surface area contributed by atoms with E-state index in [4.69, 9.17) is 5.11 Å². The number of carbonyl (C=O) groups is 4. The van der Waals surface area contributed by atoms with E-state index < -0.39 is 42.2 Å². The lowest BCUT2D eigenvalue weighted by atomic mass is 10.3. The highest BCUT2D eigenvalue weighted by Crippen LogP contribution is 2.03. The fraction of sp³-hybridized carbons (Fsp3) is 0.636.